The molecule has 2 N–H and O–H groups in total. The summed E-state index contributed by atoms with van der Waals surface area (Å²) in [5.74, 6) is -4.23. The minimum atomic E-state index is -3.42. The first-order valence-corrected chi connectivity index (χ1v) is 5.79. The fourth-order valence-corrected chi connectivity index (χ4v) is 1.52. The van der Waals surface area contributed by atoms with Crippen molar-refractivity contribution in [3.05, 3.63) is 35.1 Å². The minimum Gasteiger partial charge on any atom is -0.382 e. The summed E-state index contributed by atoms with van der Waals surface area (Å²) in [6.45, 7) is 4.39. The first-order valence-electron chi connectivity index (χ1n) is 5.79. The molecule has 0 aromatic heterocycles. The van der Waals surface area contributed by atoms with Crippen LogP contribution in [0.15, 0.2) is 18.2 Å². The van der Waals surface area contributed by atoms with Crippen LogP contribution in [0.25, 0.3) is 0 Å². The van der Waals surface area contributed by atoms with Gasteiger partial charge >= 0.3 is 0 Å². The molecule has 5 heteroatoms. The molecule has 0 spiro atoms. The lowest BCUT2D eigenvalue weighted by Gasteiger charge is -2.24. The highest BCUT2D eigenvalue weighted by molar-refractivity contribution is 5.26. The molecule has 0 bridgehead atoms. The molecule has 0 aliphatic rings. The smallest absolute Gasteiger partial charge is 0.289 e. The van der Waals surface area contributed by atoms with Crippen LogP contribution < -0.4 is 5.32 Å². The maximum atomic E-state index is 13.7. The highest BCUT2D eigenvalue weighted by atomic mass is 19.3. The third kappa shape index (κ3) is 3.71. The van der Waals surface area contributed by atoms with E-state index >= 15 is 0 Å². The SMILES string of the molecule is Cc1ccc(C(O)C(F)(F)CNC(C)C)c(F)c1. The average molecular weight is 261 g/mol. The zero-order valence-corrected chi connectivity index (χ0v) is 10.7. The molecule has 1 atom stereocenters. The van der Waals surface area contributed by atoms with Gasteiger partial charge in [-0.15, -0.1) is 0 Å². The second-order valence-electron chi connectivity index (χ2n) is 4.72. The second kappa shape index (κ2) is 5.71. The van der Waals surface area contributed by atoms with Crippen molar-refractivity contribution in [2.45, 2.75) is 38.8 Å². The van der Waals surface area contributed by atoms with Gasteiger partial charge in [0.05, 0.1) is 6.54 Å². The highest BCUT2D eigenvalue weighted by Crippen LogP contribution is 2.32. The van der Waals surface area contributed by atoms with E-state index in [1.54, 1.807) is 20.8 Å². The number of aliphatic hydroxyl groups excluding tert-OH is 1. The minimum absolute atomic E-state index is 0.133. The number of aliphatic hydroxyl groups is 1. The van der Waals surface area contributed by atoms with Crippen LogP contribution in [0.3, 0.4) is 0 Å². The standard InChI is InChI=1S/C13H18F3NO/c1-8(2)17-7-13(15,16)12(18)10-5-4-9(3)6-11(10)14/h4-6,8,12,17-18H,7H2,1-3H3. The Hall–Kier alpha value is -1.07. The molecule has 0 heterocycles. The maximum absolute atomic E-state index is 13.7. The molecular weight excluding hydrogens is 243 g/mol. The molecule has 2 nitrogen and oxygen atoms in total. The Morgan fingerprint density at radius 2 is 1.94 bits per heavy atom. The third-order valence-electron chi connectivity index (χ3n) is 2.60. The van der Waals surface area contributed by atoms with E-state index in [4.69, 9.17) is 0 Å². The molecule has 1 aromatic carbocycles. The quantitative estimate of drug-likeness (QED) is 0.854. The number of halogens is 3. The van der Waals surface area contributed by atoms with Crippen molar-refractivity contribution in [1.29, 1.82) is 0 Å². The van der Waals surface area contributed by atoms with Gasteiger partial charge in [-0.1, -0.05) is 26.0 Å². The summed E-state index contributed by atoms with van der Waals surface area (Å²) in [5.41, 5.74) is 0.239. The van der Waals surface area contributed by atoms with Crippen LogP contribution in [0.1, 0.15) is 31.1 Å². The Balaban J connectivity index is 2.87. The molecule has 102 valence electrons. The third-order valence-corrected chi connectivity index (χ3v) is 2.60. The van der Waals surface area contributed by atoms with E-state index < -0.39 is 24.4 Å². The Bertz CT molecular complexity index is 407. The summed E-state index contributed by atoms with van der Waals surface area (Å²) < 4.78 is 40.8. The van der Waals surface area contributed by atoms with Gasteiger partial charge < -0.3 is 10.4 Å². The Labute approximate surface area is 105 Å². The van der Waals surface area contributed by atoms with Crippen molar-refractivity contribution >= 4 is 0 Å². The van der Waals surface area contributed by atoms with Crippen LogP contribution >= 0.6 is 0 Å². The van der Waals surface area contributed by atoms with Crippen LogP contribution in [0.2, 0.25) is 0 Å². The lowest BCUT2D eigenvalue weighted by atomic mass is 10.0. The van der Waals surface area contributed by atoms with Gasteiger partial charge in [-0.05, 0) is 18.6 Å². The number of benzene rings is 1. The van der Waals surface area contributed by atoms with Gasteiger partial charge in [0.2, 0.25) is 0 Å². The number of hydrogen-bond acceptors (Lipinski definition) is 2. The van der Waals surface area contributed by atoms with Crippen molar-refractivity contribution in [1.82, 2.24) is 5.32 Å². The van der Waals surface area contributed by atoms with E-state index in [0.29, 0.717) is 5.56 Å². The van der Waals surface area contributed by atoms with Gasteiger partial charge in [0.1, 0.15) is 11.9 Å². The number of rotatable bonds is 5. The van der Waals surface area contributed by atoms with Gasteiger partial charge in [0, 0.05) is 11.6 Å². The molecular formula is C13H18F3NO. The lowest BCUT2D eigenvalue weighted by Crippen LogP contribution is -2.41. The fourth-order valence-electron chi connectivity index (χ4n) is 1.52. The van der Waals surface area contributed by atoms with Crippen LogP contribution in [-0.2, 0) is 0 Å². The molecule has 0 saturated heterocycles. The van der Waals surface area contributed by atoms with E-state index in [9.17, 15) is 18.3 Å². The number of alkyl halides is 2. The van der Waals surface area contributed by atoms with Crippen LogP contribution in [0.4, 0.5) is 13.2 Å². The Morgan fingerprint density at radius 3 is 2.44 bits per heavy atom. The summed E-state index contributed by atoms with van der Waals surface area (Å²) in [7, 11) is 0. The van der Waals surface area contributed by atoms with Gasteiger partial charge in [0.25, 0.3) is 5.92 Å². The molecule has 0 amide bonds. The summed E-state index contributed by atoms with van der Waals surface area (Å²) in [6, 6.07) is 3.68. The monoisotopic (exact) mass is 261 g/mol. The van der Waals surface area contributed by atoms with E-state index in [-0.39, 0.29) is 11.6 Å². The van der Waals surface area contributed by atoms with E-state index in [1.807, 2.05) is 0 Å². The first kappa shape index (κ1) is 15.0. The molecule has 0 aliphatic carbocycles. The van der Waals surface area contributed by atoms with E-state index in [2.05, 4.69) is 5.32 Å². The van der Waals surface area contributed by atoms with Crippen molar-refractivity contribution in [3.63, 3.8) is 0 Å². The van der Waals surface area contributed by atoms with Crippen molar-refractivity contribution in [2.24, 2.45) is 0 Å². The van der Waals surface area contributed by atoms with Crippen molar-refractivity contribution in [2.75, 3.05) is 6.54 Å². The molecule has 1 unspecified atom stereocenters. The Morgan fingerprint density at radius 1 is 1.33 bits per heavy atom. The summed E-state index contributed by atoms with van der Waals surface area (Å²) >= 11 is 0. The largest absolute Gasteiger partial charge is 0.382 e. The van der Waals surface area contributed by atoms with Crippen molar-refractivity contribution < 1.29 is 18.3 Å². The summed E-state index contributed by atoms with van der Waals surface area (Å²) in [5, 5.41) is 12.1. The topological polar surface area (TPSA) is 32.3 Å². The normalized spacial score (nSPS) is 14.0. The molecule has 1 aromatic rings. The average Bonchev–Trinajstić information content (AvgIpc) is 2.26. The zero-order valence-electron chi connectivity index (χ0n) is 10.7. The number of nitrogens with one attached hydrogen (secondary N) is 1. The number of aryl methyl sites for hydroxylation is 1. The molecule has 18 heavy (non-hydrogen) atoms. The maximum Gasteiger partial charge on any atom is 0.289 e. The highest BCUT2D eigenvalue weighted by Gasteiger charge is 2.40. The summed E-state index contributed by atoms with van der Waals surface area (Å²) in [6.07, 6.45) is -2.15. The van der Waals surface area contributed by atoms with E-state index in [0.717, 1.165) is 6.07 Å². The van der Waals surface area contributed by atoms with Gasteiger partial charge in [-0.2, -0.15) is 0 Å². The van der Waals surface area contributed by atoms with Gasteiger partial charge in [0.15, 0.2) is 0 Å². The van der Waals surface area contributed by atoms with Crippen LogP contribution in [-0.4, -0.2) is 23.6 Å². The van der Waals surface area contributed by atoms with Crippen LogP contribution in [0.5, 0.6) is 0 Å². The number of hydrogen-bond donors (Lipinski definition) is 2. The van der Waals surface area contributed by atoms with Gasteiger partial charge in [-0.3, -0.25) is 0 Å². The summed E-state index contributed by atoms with van der Waals surface area (Å²) in [4.78, 5) is 0. The predicted octanol–water partition coefficient (Wildman–Crippen LogP) is 2.80. The predicted molar refractivity (Wildman–Crippen MR) is 64.2 cm³/mol. The first-order chi connectivity index (χ1) is 8.24. The Kier molecular flexibility index (Phi) is 4.76. The molecule has 0 fully saturated rings. The van der Waals surface area contributed by atoms with Crippen molar-refractivity contribution in [3.8, 4) is 0 Å². The zero-order chi connectivity index (χ0) is 13.9. The molecule has 0 saturated carbocycles. The van der Waals surface area contributed by atoms with Gasteiger partial charge in [-0.25, -0.2) is 13.2 Å². The van der Waals surface area contributed by atoms with E-state index in [1.165, 1.54) is 12.1 Å². The lowest BCUT2D eigenvalue weighted by molar-refractivity contribution is -0.110. The second-order valence-corrected chi connectivity index (χ2v) is 4.72. The van der Waals surface area contributed by atoms with Crippen LogP contribution in [0, 0.1) is 12.7 Å². The fraction of sp³-hybridized carbons (Fsp3) is 0.538. The molecule has 0 radical (unpaired) electrons. The molecule has 0 aliphatic heterocycles. The molecule has 1 rings (SSSR count).